The second kappa shape index (κ2) is 2.60. The zero-order valence-electron chi connectivity index (χ0n) is 7.63. The fraction of sp³-hybridized carbons (Fsp3) is 0.455. The van der Waals surface area contributed by atoms with Crippen LogP contribution in [0.1, 0.15) is 25.0 Å². The van der Waals surface area contributed by atoms with E-state index in [0.717, 1.165) is 13.0 Å². The molecule has 1 aromatic rings. The van der Waals surface area contributed by atoms with Gasteiger partial charge in [-0.3, -0.25) is 0 Å². The Morgan fingerprint density at radius 3 is 2.75 bits per heavy atom. The topological polar surface area (TPSA) is 9.23 Å². The molecular weight excluding hydrogens is 148 g/mol. The van der Waals surface area contributed by atoms with Crippen LogP contribution in [0, 0.1) is 0 Å². The van der Waals surface area contributed by atoms with Gasteiger partial charge in [0.2, 0.25) is 0 Å². The lowest BCUT2D eigenvalue weighted by molar-refractivity contribution is -0.0314. The highest BCUT2D eigenvalue weighted by atomic mass is 16.5. The molecule has 0 atom stereocenters. The van der Waals surface area contributed by atoms with Crippen molar-refractivity contribution in [2.24, 2.45) is 0 Å². The number of hydrogen-bond donors (Lipinski definition) is 0. The van der Waals surface area contributed by atoms with Crippen molar-refractivity contribution in [3.05, 3.63) is 35.4 Å². The Hall–Kier alpha value is -0.820. The van der Waals surface area contributed by atoms with Crippen LogP contribution >= 0.6 is 0 Å². The molecule has 0 aliphatic carbocycles. The van der Waals surface area contributed by atoms with E-state index in [2.05, 4.69) is 38.1 Å². The third-order valence-electron chi connectivity index (χ3n) is 2.50. The molecule has 0 amide bonds. The highest BCUT2D eigenvalue weighted by Gasteiger charge is 2.27. The smallest absolute Gasteiger partial charge is 0.0878 e. The van der Waals surface area contributed by atoms with Gasteiger partial charge in [0.25, 0.3) is 0 Å². The van der Waals surface area contributed by atoms with Crippen molar-refractivity contribution in [3.63, 3.8) is 0 Å². The Kier molecular flexibility index (Phi) is 1.69. The van der Waals surface area contributed by atoms with Crippen LogP contribution in [0.4, 0.5) is 0 Å². The van der Waals surface area contributed by atoms with Crippen LogP contribution < -0.4 is 0 Å². The fourth-order valence-electron chi connectivity index (χ4n) is 1.82. The third kappa shape index (κ3) is 1.14. The SMILES string of the molecule is CC1(C)OCCc2ccccc21. The molecule has 2 rings (SSSR count). The average molecular weight is 162 g/mol. The molecule has 0 bridgehead atoms. The molecule has 0 saturated carbocycles. The van der Waals surface area contributed by atoms with Crippen molar-refractivity contribution in [2.45, 2.75) is 25.9 Å². The Balaban J connectivity index is 2.52. The van der Waals surface area contributed by atoms with Gasteiger partial charge in [-0.1, -0.05) is 24.3 Å². The van der Waals surface area contributed by atoms with Crippen molar-refractivity contribution in [3.8, 4) is 0 Å². The molecule has 0 N–H and O–H groups in total. The summed E-state index contributed by atoms with van der Waals surface area (Å²) in [5.74, 6) is 0. The standard InChI is InChI=1S/C11H14O/c1-11(2)10-6-4-3-5-9(10)7-8-12-11/h3-6H,7-8H2,1-2H3. The molecule has 1 aliphatic heterocycles. The highest BCUT2D eigenvalue weighted by Crippen LogP contribution is 2.31. The summed E-state index contributed by atoms with van der Waals surface area (Å²) in [6.45, 7) is 5.11. The number of benzene rings is 1. The van der Waals surface area contributed by atoms with Crippen molar-refractivity contribution in [1.82, 2.24) is 0 Å². The molecule has 1 aliphatic rings. The van der Waals surface area contributed by atoms with Crippen LogP contribution in [0.3, 0.4) is 0 Å². The van der Waals surface area contributed by atoms with Crippen LogP contribution in [0.15, 0.2) is 24.3 Å². The molecule has 1 aromatic carbocycles. The van der Waals surface area contributed by atoms with Gasteiger partial charge in [-0.25, -0.2) is 0 Å². The minimum Gasteiger partial charge on any atom is -0.371 e. The zero-order valence-corrected chi connectivity index (χ0v) is 7.63. The molecule has 1 heteroatoms. The van der Waals surface area contributed by atoms with E-state index in [0.29, 0.717) is 0 Å². The predicted octanol–water partition coefficient (Wildman–Crippen LogP) is 2.49. The molecule has 0 fully saturated rings. The van der Waals surface area contributed by atoms with E-state index < -0.39 is 0 Å². The lowest BCUT2D eigenvalue weighted by Gasteiger charge is -2.32. The number of ether oxygens (including phenoxy) is 1. The molecule has 0 radical (unpaired) electrons. The van der Waals surface area contributed by atoms with E-state index in [1.807, 2.05) is 0 Å². The summed E-state index contributed by atoms with van der Waals surface area (Å²) >= 11 is 0. The monoisotopic (exact) mass is 162 g/mol. The lowest BCUT2D eigenvalue weighted by atomic mass is 9.89. The molecule has 0 unspecified atom stereocenters. The van der Waals surface area contributed by atoms with Crippen molar-refractivity contribution >= 4 is 0 Å². The van der Waals surface area contributed by atoms with Crippen molar-refractivity contribution < 1.29 is 4.74 Å². The van der Waals surface area contributed by atoms with Gasteiger partial charge < -0.3 is 4.74 Å². The minimum absolute atomic E-state index is 0.0884. The summed E-state index contributed by atoms with van der Waals surface area (Å²) in [6, 6.07) is 8.53. The van der Waals surface area contributed by atoms with E-state index in [1.54, 1.807) is 0 Å². The second-order valence-electron chi connectivity index (χ2n) is 3.77. The second-order valence-corrected chi connectivity index (χ2v) is 3.77. The summed E-state index contributed by atoms with van der Waals surface area (Å²) < 4.78 is 5.69. The van der Waals surface area contributed by atoms with Gasteiger partial charge in [-0.15, -0.1) is 0 Å². The first-order chi connectivity index (χ1) is 5.70. The van der Waals surface area contributed by atoms with Gasteiger partial charge in [-0.05, 0) is 31.4 Å². The maximum atomic E-state index is 5.69. The van der Waals surface area contributed by atoms with Gasteiger partial charge in [-0.2, -0.15) is 0 Å². The van der Waals surface area contributed by atoms with Gasteiger partial charge in [0.1, 0.15) is 0 Å². The van der Waals surface area contributed by atoms with Gasteiger partial charge in [0.05, 0.1) is 12.2 Å². The summed E-state index contributed by atoms with van der Waals surface area (Å²) in [5.41, 5.74) is 2.69. The van der Waals surface area contributed by atoms with E-state index in [-0.39, 0.29) is 5.60 Å². The summed E-state index contributed by atoms with van der Waals surface area (Å²) in [6.07, 6.45) is 1.06. The van der Waals surface area contributed by atoms with Gasteiger partial charge >= 0.3 is 0 Å². The predicted molar refractivity (Wildman–Crippen MR) is 49.1 cm³/mol. The Morgan fingerprint density at radius 1 is 1.25 bits per heavy atom. The molecule has 64 valence electrons. The van der Waals surface area contributed by atoms with E-state index in [1.165, 1.54) is 11.1 Å². The van der Waals surface area contributed by atoms with Crippen LogP contribution in [-0.4, -0.2) is 6.61 Å². The van der Waals surface area contributed by atoms with Crippen molar-refractivity contribution in [1.29, 1.82) is 0 Å². The maximum Gasteiger partial charge on any atom is 0.0878 e. The third-order valence-corrected chi connectivity index (χ3v) is 2.50. The fourth-order valence-corrected chi connectivity index (χ4v) is 1.82. The molecule has 0 spiro atoms. The Morgan fingerprint density at radius 2 is 2.00 bits per heavy atom. The first-order valence-corrected chi connectivity index (χ1v) is 4.42. The Bertz CT molecular complexity index is 289. The van der Waals surface area contributed by atoms with E-state index >= 15 is 0 Å². The number of rotatable bonds is 0. The zero-order chi connectivity index (χ0) is 8.60. The molecule has 12 heavy (non-hydrogen) atoms. The summed E-state index contributed by atoms with van der Waals surface area (Å²) in [4.78, 5) is 0. The number of hydrogen-bond acceptors (Lipinski definition) is 1. The van der Waals surface area contributed by atoms with Crippen LogP contribution in [0.2, 0.25) is 0 Å². The molecule has 1 nitrogen and oxygen atoms in total. The first-order valence-electron chi connectivity index (χ1n) is 4.42. The average Bonchev–Trinajstić information content (AvgIpc) is 2.04. The maximum absolute atomic E-state index is 5.69. The van der Waals surface area contributed by atoms with E-state index in [4.69, 9.17) is 4.74 Å². The Labute approximate surface area is 73.4 Å². The quantitative estimate of drug-likeness (QED) is 0.569. The normalized spacial score (nSPS) is 20.2. The highest BCUT2D eigenvalue weighted by molar-refractivity contribution is 5.33. The molecule has 0 aromatic heterocycles. The minimum atomic E-state index is -0.0884. The largest absolute Gasteiger partial charge is 0.371 e. The summed E-state index contributed by atoms with van der Waals surface area (Å²) in [7, 11) is 0. The lowest BCUT2D eigenvalue weighted by Crippen LogP contribution is -2.29. The van der Waals surface area contributed by atoms with Crippen molar-refractivity contribution in [2.75, 3.05) is 6.61 Å². The van der Waals surface area contributed by atoms with Gasteiger partial charge in [0, 0.05) is 0 Å². The molecular formula is C11H14O. The summed E-state index contributed by atoms with van der Waals surface area (Å²) in [5, 5.41) is 0. The number of fused-ring (bicyclic) bond motifs is 1. The van der Waals surface area contributed by atoms with Gasteiger partial charge in [0.15, 0.2) is 0 Å². The van der Waals surface area contributed by atoms with Crippen LogP contribution in [-0.2, 0) is 16.8 Å². The van der Waals surface area contributed by atoms with E-state index in [9.17, 15) is 0 Å². The van der Waals surface area contributed by atoms with Crippen LogP contribution in [0.5, 0.6) is 0 Å². The molecule has 0 saturated heterocycles. The first kappa shape index (κ1) is 7.81. The van der Waals surface area contributed by atoms with Crippen LogP contribution in [0.25, 0.3) is 0 Å². The molecule has 1 heterocycles.